The number of hydrogen-bond acceptors (Lipinski definition) is 2. The minimum atomic E-state index is -0.0923. The molecule has 0 saturated heterocycles. The average molecular weight is 284 g/mol. The summed E-state index contributed by atoms with van der Waals surface area (Å²) in [5, 5.41) is 3.46. The van der Waals surface area contributed by atoms with Gasteiger partial charge >= 0.3 is 0 Å². The highest BCUT2D eigenvalue weighted by molar-refractivity contribution is 9.10. The molecule has 2 rings (SSSR count). The zero-order valence-electron chi connectivity index (χ0n) is 10.3. The van der Waals surface area contributed by atoms with Gasteiger partial charge in [0.05, 0.1) is 5.69 Å². The van der Waals surface area contributed by atoms with Crippen LogP contribution in [0.2, 0.25) is 0 Å². The van der Waals surface area contributed by atoms with Gasteiger partial charge in [0.2, 0.25) is 0 Å². The van der Waals surface area contributed by atoms with Gasteiger partial charge in [-0.25, -0.2) is 0 Å². The molecule has 0 unspecified atom stereocenters. The predicted molar refractivity (Wildman–Crippen MR) is 71.4 cm³/mol. The maximum atomic E-state index is 6.08. The molecule has 0 amide bonds. The van der Waals surface area contributed by atoms with Crippen molar-refractivity contribution in [3.63, 3.8) is 0 Å². The van der Waals surface area contributed by atoms with Gasteiger partial charge in [-0.15, -0.1) is 0 Å². The number of anilines is 1. The zero-order chi connectivity index (χ0) is 11.9. The maximum Gasteiger partial charge on any atom is 0.143 e. The van der Waals surface area contributed by atoms with Crippen LogP contribution in [0.15, 0.2) is 10.5 Å². The molecule has 1 heterocycles. The summed E-state index contributed by atoms with van der Waals surface area (Å²) in [7, 11) is 0. The maximum absolute atomic E-state index is 6.08. The Morgan fingerprint density at radius 1 is 1.38 bits per heavy atom. The summed E-state index contributed by atoms with van der Waals surface area (Å²) < 4.78 is 7.25. The topological polar surface area (TPSA) is 21.3 Å². The van der Waals surface area contributed by atoms with Crippen molar-refractivity contribution in [1.29, 1.82) is 0 Å². The van der Waals surface area contributed by atoms with Crippen molar-refractivity contribution in [3.8, 4) is 5.75 Å². The second kappa shape index (κ2) is 3.95. The van der Waals surface area contributed by atoms with Crippen molar-refractivity contribution in [1.82, 2.24) is 0 Å². The third-order valence-electron chi connectivity index (χ3n) is 3.06. The highest BCUT2D eigenvalue weighted by Gasteiger charge is 2.26. The summed E-state index contributed by atoms with van der Waals surface area (Å²) in [5.41, 5.74) is 3.48. The smallest absolute Gasteiger partial charge is 0.143 e. The molecule has 1 aromatic rings. The van der Waals surface area contributed by atoms with E-state index in [4.69, 9.17) is 4.74 Å². The highest BCUT2D eigenvalue weighted by Crippen LogP contribution is 2.39. The molecule has 1 aliphatic rings. The number of halogens is 1. The van der Waals surface area contributed by atoms with Crippen LogP contribution < -0.4 is 10.1 Å². The van der Waals surface area contributed by atoms with Gasteiger partial charge < -0.3 is 10.1 Å². The molecule has 0 radical (unpaired) electrons. The number of hydrogen-bond donors (Lipinski definition) is 1. The van der Waals surface area contributed by atoms with Gasteiger partial charge in [0.1, 0.15) is 11.4 Å². The Labute approximate surface area is 106 Å². The predicted octanol–water partition coefficient (Wildman–Crippen LogP) is 4.04. The summed E-state index contributed by atoms with van der Waals surface area (Å²) in [6, 6.07) is 2.10. The standard InChI is InChI=1S/C13H18BrNO/c1-8-7-10-12(9(2)11(8)14)15-6-5-13(3,4)16-10/h7,15H,5-6H2,1-4H3. The molecule has 1 aliphatic heterocycles. The Hall–Kier alpha value is -0.700. The summed E-state index contributed by atoms with van der Waals surface area (Å²) in [5.74, 6) is 0.973. The van der Waals surface area contributed by atoms with E-state index in [-0.39, 0.29) is 5.60 Å². The third-order valence-corrected chi connectivity index (χ3v) is 4.28. The summed E-state index contributed by atoms with van der Waals surface area (Å²) in [6.07, 6.45) is 1.01. The van der Waals surface area contributed by atoms with Crippen LogP contribution in [0.5, 0.6) is 5.75 Å². The molecule has 16 heavy (non-hydrogen) atoms. The second-order valence-corrected chi connectivity index (χ2v) is 5.84. The van der Waals surface area contributed by atoms with E-state index in [9.17, 15) is 0 Å². The monoisotopic (exact) mass is 283 g/mol. The molecule has 0 aromatic heterocycles. The Morgan fingerprint density at radius 2 is 2.06 bits per heavy atom. The Morgan fingerprint density at radius 3 is 2.75 bits per heavy atom. The van der Waals surface area contributed by atoms with E-state index in [0.717, 1.165) is 24.4 Å². The van der Waals surface area contributed by atoms with Crippen molar-refractivity contribution < 1.29 is 4.74 Å². The van der Waals surface area contributed by atoms with Gasteiger partial charge in [0, 0.05) is 17.4 Å². The summed E-state index contributed by atoms with van der Waals surface area (Å²) >= 11 is 3.62. The van der Waals surface area contributed by atoms with Gasteiger partial charge in [0.15, 0.2) is 0 Å². The first kappa shape index (κ1) is 11.8. The van der Waals surface area contributed by atoms with Gasteiger partial charge in [0.25, 0.3) is 0 Å². The van der Waals surface area contributed by atoms with Crippen LogP contribution in [-0.4, -0.2) is 12.1 Å². The van der Waals surface area contributed by atoms with Crippen LogP contribution >= 0.6 is 15.9 Å². The van der Waals surface area contributed by atoms with Gasteiger partial charge in [-0.05, 0) is 44.9 Å². The number of aryl methyl sites for hydroxylation is 1. The van der Waals surface area contributed by atoms with E-state index in [1.54, 1.807) is 0 Å². The first-order valence-corrected chi connectivity index (χ1v) is 6.42. The van der Waals surface area contributed by atoms with Crippen molar-refractivity contribution in [2.75, 3.05) is 11.9 Å². The molecule has 0 spiro atoms. The zero-order valence-corrected chi connectivity index (χ0v) is 11.9. The molecular formula is C13H18BrNO. The highest BCUT2D eigenvalue weighted by atomic mass is 79.9. The quantitative estimate of drug-likeness (QED) is 0.776. The minimum Gasteiger partial charge on any atom is -0.486 e. The van der Waals surface area contributed by atoms with Gasteiger partial charge in [-0.3, -0.25) is 0 Å². The Balaban J connectivity index is 2.54. The molecular weight excluding hydrogens is 266 g/mol. The fourth-order valence-electron chi connectivity index (χ4n) is 2.06. The Bertz CT molecular complexity index is 426. The lowest BCUT2D eigenvalue weighted by Gasteiger charge is -2.24. The van der Waals surface area contributed by atoms with Crippen molar-refractivity contribution in [2.45, 2.75) is 39.7 Å². The van der Waals surface area contributed by atoms with E-state index < -0.39 is 0 Å². The third kappa shape index (κ3) is 2.05. The molecule has 2 nitrogen and oxygen atoms in total. The van der Waals surface area contributed by atoms with Crippen LogP contribution in [0.4, 0.5) is 5.69 Å². The van der Waals surface area contributed by atoms with Crippen molar-refractivity contribution in [2.24, 2.45) is 0 Å². The molecule has 1 aromatic carbocycles. The molecule has 0 atom stereocenters. The first-order valence-electron chi connectivity index (χ1n) is 5.63. The molecule has 0 saturated carbocycles. The van der Waals surface area contributed by atoms with Gasteiger partial charge in [-0.1, -0.05) is 15.9 Å². The summed E-state index contributed by atoms with van der Waals surface area (Å²) in [6.45, 7) is 9.44. The minimum absolute atomic E-state index is 0.0923. The first-order chi connectivity index (χ1) is 7.41. The SMILES string of the molecule is Cc1cc2c(c(C)c1Br)NCCC(C)(C)O2. The fourth-order valence-corrected chi connectivity index (χ4v) is 2.37. The number of ether oxygens (including phenoxy) is 1. The molecule has 1 N–H and O–H groups in total. The van der Waals surface area contributed by atoms with E-state index in [2.05, 4.69) is 55.0 Å². The number of nitrogens with one attached hydrogen (secondary N) is 1. The van der Waals surface area contributed by atoms with E-state index in [0.29, 0.717) is 0 Å². The number of rotatable bonds is 0. The normalized spacial score (nSPS) is 18.1. The van der Waals surface area contributed by atoms with Gasteiger partial charge in [-0.2, -0.15) is 0 Å². The molecule has 0 bridgehead atoms. The largest absolute Gasteiger partial charge is 0.486 e. The van der Waals surface area contributed by atoms with Crippen LogP contribution in [0.1, 0.15) is 31.4 Å². The van der Waals surface area contributed by atoms with E-state index in [1.807, 2.05) is 0 Å². The van der Waals surface area contributed by atoms with Crippen molar-refractivity contribution >= 4 is 21.6 Å². The van der Waals surface area contributed by atoms with E-state index >= 15 is 0 Å². The van der Waals surface area contributed by atoms with E-state index in [1.165, 1.54) is 15.6 Å². The molecule has 88 valence electrons. The molecule has 0 fully saturated rings. The number of benzene rings is 1. The number of fused-ring (bicyclic) bond motifs is 1. The Kier molecular flexibility index (Phi) is 2.91. The summed E-state index contributed by atoms with van der Waals surface area (Å²) in [4.78, 5) is 0. The average Bonchev–Trinajstić information content (AvgIpc) is 2.32. The fraction of sp³-hybridized carbons (Fsp3) is 0.538. The molecule has 3 heteroatoms. The van der Waals surface area contributed by atoms with Crippen LogP contribution in [0.25, 0.3) is 0 Å². The van der Waals surface area contributed by atoms with Crippen molar-refractivity contribution in [3.05, 3.63) is 21.7 Å². The van der Waals surface area contributed by atoms with Crippen LogP contribution in [-0.2, 0) is 0 Å². The van der Waals surface area contributed by atoms with Crippen LogP contribution in [0.3, 0.4) is 0 Å². The lowest BCUT2D eigenvalue weighted by atomic mass is 10.1. The second-order valence-electron chi connectivity index (χ2n) is 5.04. The van der Waals surface area contributed by atoms with Crippen LogP contribution in [0, 0.1) is 13.8 Å². The molecule has 0 aliphatic carbocycles. The lowest BCUT2D eigenvalue weighted by molar-refractivity contribution is 0.108. The lowest BCUT2D eigenvalue weighted by Crippen LogP contribution is -2.28.